The van der Waals surface area contributed by atoms with Crippen LogP contribution in [0.1, 0.15) is 24.7 Å². The molecule has 0 bridgehead atoms. The second kappa shape index (κ2) is 5.12. The van der Waals surface area contributed by atoms with Crippen molar-refractivity contribution in [1.29, 1.82) is 0 Å². The molecule has 0 unspecified atom stereocenters. The van der Waals surface area contributed by atoms with E-state index in [0.717, 1.165) is 42.7 Å². The lowest BCUT2D eigenvalue weighted by molar-refractivity contribution is 0.792. The first-order chi connectivity index (χ1) is 7.83. The van der Waals surface area contributed by atoms with Crippen molar-refractivity contribution in [3.63, 3.8) is 0 Å². The van der Waals surface area contributed by atoms with Gasteiger partial charge in [-0.05, 0) is 44.1 Å². The Balaban J connectivity index is 2.23. The van der Waals surface area contributed by atoms with E-state index in [1.54, 1.807) is 0 Å². The van der Waals surface area contributed by atoms with E-state index in [2.05, 4.69) is 40.4 Å². The maximum absolute atomic E-state index is 4.55. The normalized spacial score (nSPS) is 11.1. The van der Waals surface area contributed by atoms with Crippen molar-refractivity contribution < 1.29 is 0 Å². The van der Waals surface area contributed by atoms with Gasteiger partial charge in [-0.2, -0.15) is 0 Å². The van der Waals surface area contributed by atoms with Gasteiger partial charge in [-0.3, -0.25) is 0 Å². The van der Waals surface area contributed by atoms with Gasteiger partial charge in [0.2, 0.25) is 0 Å². The largest absolute Gasteiger partial charge is 0.342 e. The maximum atomic E-state index is 4.55. The molecule has 2 N–H and O–H groups in total. The van der Waals surface area contributed by atoms with Crippen LogP contribution >= 0.6 is 0 Å². The minimum Gasteiger partial charge on any atom is -0.342 e. The molecule has 0 aliphatic carbocycles. The third-order valence-corrected chi connectivity index (χ3v) is 2.75. The minimum atomic E-state index is 1.02. The molecule has 0 radical (unpaired) electrons. The number of imidazole rings is 1. The molecule has 0 atom stereocenters. The van der Waals surface area contributed by atoms with Gasteiger partial charge in [-0.1, -0.05) is 13.0 Å². The molecule has 86 valence electrons. The smallest absolute Gasteiger partial charge is 0.107 e. The first kappa shape index (κ1) is 11.1. The average Bonchev–Trinajstić information content (AvgIpc) is 2.68. The Morgan fingerprint density at radius 2 is 2.19 bits per heavy atom. The fourth-order valence-corrected chi connectivity index (χ4v) is 1.89. The Labute approximate surface area is 96.3 Å². The number of benzene rings is 1. The fraction of sp³-hybridized carbons (Fsp3) is 0.462. The van der Waals surface area contributed by atoms with Gasteiger partial charge in [-0.15, -0.1) is 0 Å². The number of aromatic nitrogens is 2. The number of H-pyrrole nitrogens is 1. The quantitative estimate of drug-likeness (QED) is 0.806. The second-order valence-corrected chi connectivity index (χ2v) is 4.14. The molecule has 1 aromatic heterocycles. The van der Waals surface area contributed by atoms with Crippen molar-refractivity contribution in [1.82, 2.24) is 15.3 Å². The molecule has 1 heterocycles. The Hall–Kier alpha value is -1.35. The highest BCUT2D eigenvalue weighted by molar-refractivity contribution is 5.75. The first-order valence-corrected chi connectivity index (χ1v) is 5.95. The first-order valence-electron chi connectivity index (χ1n) is 5.95. The van der Waals surface area contributed by atoms with E-state index in [4.69, 9.17) is 0 Å². The summed E-state index contributed by atoms with van der Waals surface area (Å²) in [4.78, 5) is 7.93. The summed E-state index contributed by atoms with van der Waals surface area (Å²) in [7, 11) is 1.98. The highest BCUT2D eigenvalue weighted by Crippen LogP contribution is 2.14. The molecule has 0 saturated carbocycles. The van der Waals surface area contributed by atoms with Crippen LogP contribution in [0.5, 0.6) is 0 Å². The zero-order valence-electron chi connectivity index (χ0n) is 10.0. The predicted molar refractivity (Wildman–Crippen MR) is 67.7 cm³/mol. The number of nitrogens with one attached hydrogen (secondary N) is 2. The molecule has 0 fully saturated rings. The second-order valence-electron chi connectivity index (χ2n) is 4.14. The monoisotopic (exact) mass is 217 g/mol. The van der Waals surface area contributed by atoms with Gasteiger partial charge in [0.25, 0.3) is 0 Å². The summed E-state index contributed by atoms with van der Waals surface area (Å²) in [5.41, 5.74) is 3.60. The molecule has 3 nitrogen and oxygen atoms in total. The molecule has 0 aliphatic rings. The number of hydrogen-bond acceptors (Lipinski definition) is 2. The van der Waals surface area contributed by atoms with Crippen LogP contribution in [-0.2, 0) is 12.8 Å². The lowest BCUT2D eigenvalue weighted by atomic mass is 10.1. The summed E-state index contributed by atoms with van der Waals surface area (Å²) in [6, 6.07) is 6.48. The number of likely N-dealkylation sites (N-methyl/N-ethyl adjacent to an activating group) is 1. The van der Waals surface area contributed by atoms with Crippen LogP contribution in [0.15, 0.2) is 18.2 Å². The molecule has 2 rings (SSSR count). The predicted octanol–water partition coefficient (Wildman–Crippen LogP) is 2.28. The number of aryl methyl sites for hydroxylation is 1. The van der Waals surface area contributed by atoms with E-state index in [1.807, 2.05) is 7.05 Å². The Morgan fingerprint density at radius 1 is 1.31 bits per heavy atom. The van der Waals surface area contributed by atoms with Crippen LogP contribution < -0.4 is 5.32 Å². The maximum Gasteiger partial charge on any atom is 0.107 e. The lowest BCUT2D eigenvalue weighted by Gasteiger charge is -1.99. The van der Waals surface area contributed by atoms with Gasteiger partial charge in [0, 0.05) is 6.42 Å². The zero-order valence-corrected chi connectivity index (χ0v) is 10.0. The molecule has 0 aliphatic heterocycles. The lowest BCUT2D eigenvalue weighted by Crippen LogP contribution is -2.10. The summed E-state index contributed by atoms with van der Waals surface area (Å²) in [6.45, 7) is 3.19. The Kier molecular flexibility index (Phi) is 3.57. The molecule has 0 amide bonds. The zero-order chi connectivity index (χ0) is 11.4. The van der Waals surface area contributed by atoms with Crippen LogP contribution in [0.4, 0.5) is 0 Å². The van der Waals surface area contributed by atoms with E-state index in [0.29, 0.717) is 0 Å². The van der Waals surface area contributed by atoms with Gasteiger partial charge in [0.05, 0.1) is 11.0 Å². The third kappa shape index (κ3) is 2.42. The van der Waals surface area contributed by atoms with Gasteiger partial charge in [0.1, 0.15) is 5.82 Å². The van der Waals surface area contributed by atoms with Crippen LogP contribution in [0, 0.1) is 0 Å². The summed E-state index contributed by atoms with van der Waals surface area (Å²) in [5, 5.41) is 3.16. The van der Waals surface area contributed by atoms with E-state index < -0.39 is 0 Å². The molecular formula is C13H19N3. The standard InChI is InChI=1S/C13H19N3/c1-3-4-13-15-11-6-5-10(7-8-14-2)9-12(11)16-13/h5-6,9,14H,3-4,7-8H2,1-2H3,(H,15,16). The van der Waals surface area contributed by atoms with Crippen molar-refractivity contribution in [3.05, 3.63) is 29.6 Å². The third-order valence-electron chi connectivity index (χ3n) is 2.75. The molecule has 16 heavy (non-hydrogen) atoms. The fourth-order valence-electron chi connectivity index (χ4n) is 1.89. The average molecular weight is 217 g/mol. The van der Waals surface area contributed by atoms with Crippen LogP contribution in [-0.4, -0.2) is 23.6 Å². The molecule has 1 aromatic carbocycles. The number of aromatic amines is 1. The number of hydrogen-bond donors (Lipinski definition) is 2. The summed E-state index contributed by atoms with van der Waals surface area (Å²) in [6.07, 6.45) is 3.22. The molecule has 0 saturated heterocycles. The van der Waals surface area contributed by atoms with Crippen molar-refractivity contribution in [2.75, 3.05) is 13.6 Å². The van der Waals surface area contributed by atoms with E-state index in [9.17, 15) is 0 Å². The molecule has 0 spiro atoms. The van der Waals surface area contributed by atoms with Crippen molar-refractivity contribution >= 4 is 11.0 Å². The van der Waals surface area contributed by atoms with Gasteiger partial charge < -0.3 is 10.3 Å². The van der Waals surface area contributed by atoms with Gasteiger partial charge in [-0.25, -0.2) is 4.98 Å². The highest BCUT2D eigenvalue weighted by atomic mass is 14.9. The Morgan fingerprint density at radius 3 is 2.94 bits per heavy atom. The SMILES string of the molecule is CCCc1nc2ccc(CCNC)cc2[nH]1. The number of nitrogens with zero attached hydrogens (tertiary/aromatic N) is 1. The summed E-state index contributed by atoms with van der Waals surface area (Å²) in [5.74, 6) is 1.10. The summed E-state index contributed by atoms with van der Waals surface area (Å²) < 4.78 is 0. The van der Waals surface area contributed by atoms with Gasteiger partial charge in [0.15, 0.2) is 0 Å². The van der Waals surface area contributed by atoms with Crippen LogP contribution in [0.25, 0.3) is 11.0 Å². The van der Waals surface area contributed by atoms with Crippen molar-refractivity contribution in [2.24, 2.45) is 0 Å². The summed E-state index contributed by atoms with van der Waals surface area (Å²) >= 11 is 0. The number of fused-ring (bicyclic) bond motifs is 1. The topological polar surface area (TPSA) is 40.7 Å². The highest BCUT2D eigenvalue weighted by Gasteiger charge is 2.02. The van der Waals surface area contributed by atoms with Gasteiger partial charge >= 0.3 is 0 Å². The van der Waals surface area contributed by atoms with Crippen LogP contribution in [0.2, 0.25) is 0 Å². The minimum absolute atomic E-state index is 1.02. The van der Waals surface area contributed by atoms with Crippen molar-refractivity contribution in [3.8, 4) is 0 Å². The van der Waals surface area contributed by atoms with E-state index in [-0.39, 0.29) is 0 Å². The van der Waals surface area contributed by atoms with Crippen molar-refractivity contribution in [2.45, 2.75) is 26.2 Å². The molecular weight excluding hydrogens is 198 g/mol. The molecule has 2 aromatic rings. The Bertz CT molecular complexity index is 459. The molecule has 3 heteroatoms. The van der Waals surface area contributed by atoms with E-state index in [1.165, 1.54) is 5.56 Å². The van der Waals surface area contributed by atoms with E-state index >= 15 is 0 Å². The number of rotatable bonds is 5. The van der Waals surface area contributed by atoms with Crippen LogP contribution in [0.3, 0.4) is 0 Å².